The lowest BCUT2D eigenvalue weighted by molar-refractivity contribution is 0.256. The van der Waals surface area contributed by atoms with E-state index in [4.69, 9.17) is 16.9 Å². The highest BCUT2D eigenvalue weighted by atomic mass is 35.5. The number of unbranched alkanes of at least 4 members (excludes halogenated alkanes) is 2. The fraction of sp³-hybridized carbons (Fsp3) is 0.500. The second-order valence-corrected chi connectivity index (χ2v) is 4.70. The first-order chi connectivity index (χ1) is 8.16. The number of nitriles is 1. The summed E-state index contributed by atoms with van der Waals surface area (Å²) in [6.07, 6.45) is 2.67. The first-order valence-corrected chi connectivity index (χ1v) is 6.36. The van der Waals surface area contributed by atoms with Crippen molar-refractivity contribution in [2.24, 2.45) is 0 Å². The standard InChI is InChI=1S/C14H19ClN2/c1-12(13-8-4-5-9-14(13)15)17(2)11-7-3-6-10-16/h4-5,8-9,12H,3,6-7,11H2,1-2H3. The lowest BCUT2D eigenvalue weighted by atomic mass is 10.1. The Hall–Kier alpha value is -1.04. The Kier molecular flexibility index (Phi) is 6.04. The van der Waals surface area contributed by atoms with Gasteiger partial charge in [0.15, 0.2) is 0 Å². The molecule has 0 bridgehead atoms. The second-order valence-electron chi connectivity index (χ2n) is 4.29. The fourth-order valence-corrected chi connectivity index (χ4v) is 2.10. The molecule has 0 radical (unpaired) electrons. The summed E-state index contributed by atoms with van der Waals surface area (Å²) in [7, 11) is 2.10. The summed E-state index contributed by atoms with van der Waals surface area (Å²) in [5.74, 6) is 0. The van der Waals surface area contributed by atoms with Crippen molar-refractivity contribution in [2.45, 2.75) is 32.2 Å². The largest absolute Gasteiger partial charge is 0.300 e. The molecule has 0 aliphatic heterocycles. The maximum absolute atomic E-state index is 8.47. The first-order valence-electron chi connectivity index (χ1n) is 5.98. The molecule has 0 saturated carbocycles. The van der Waals surface area contributed by atoms with Crippen LogP contribution in [-0.2, 0) is 0 Å². The van der Waals surface area contributed by atoms with Crippen LogP contribution in [0.1, 0.15) is 37.8 Å². The molecule has 1 rings (SSSR count). The summed E-state index contributed by atoms with van der Waals surface area (Å²) in [5.41, 5.74) is 1.16. The topological polar surface area (TPSA) is 27.0 Å². The third-order valence-corrected chi connectivity index (χ3v) is 3.41. The third-order valence-electron chi connectivity index (χ3n) is 3.07. The quantitative estimate of drug-likeness (QED) is 0.713. The van der Waals surface area contributed by atoms with Crippen molar-refractivity contribution in [3.8, 4) is 6.07 Å². The molecule has 2 nitrogen and oxygen atoms in total. The van der Waals surface area contributed by atoms with E-state index in [1.807, 2.05) is 18.2 Å². The SMILES string of the molecule is CC(c1ccccc1Cl)N(C)CCCCC#N. The van der Waals surface area contributed by atoms with Gasteiger partial charge in [-0.1, -0.05) is 29.8 Å². The van der Waals surface area contributed by atoms with Gasteiger partial charge in [0.2, 0.25) is 0 Å². The molecule has 0 aromatic heterocycles. The van der Waals surface area contributed by atoms with Crippen molar-refractivity contribution in [1.82, 2.24) is 4.90 Å². The van der Waals surface area contributed by atoms with Crippen LogP contribution in [0.4, 0.5) is 0 Å². The van der Waals surface area contributed by atoms with E-state index in [9.17, 15) is 0 Å². The molecule has 0 saturated heterocycles. The van der Waals surface area contributed by atoms with E-state index >= 15 is 0 Å². The van der Waals surface area contributed by atoms with Crippen LogP contribution in [0.25, 0.3) is 0 Å². The van der Waals surface area contributed by atoms with Crippen LogP contribution in [-0.4, -0.2) is 18.5 Å². The predicted octanol–water partition coefficient (Wildman–Crippen LogP) is 4.03. The van der Waals surface area contributed by atoms with E-state index in [0.29, 0.717) is 12.5 Å². The summed E-state index contributed by atoms with van der Waals surface area (Å²) in [6, 6.07) is 10.4. The Morgan fingerprint density at radius 1 is 1.35 bits per heavy atom. The molecular weight excluding hydrogens is 232 g/mol. The van der Waals surface area contributed by atoms with Gasteiger partial charge in [0, 0.05) is 17.5 Å². The highest BCUT2D eigenvalue weighted by molar-refractivity contribution is 6.31. The Labute approximate surface area is 109 Å². The zero-order valence-corrected chi connectivity index (χ0v) is 11.2. The minimum atomic E-state index is 0.311. The summed E-state index contributed by atoms with van der Waals surface area (Å²) in [6.45, 7) is 3.15. The Morgan fingerprint density at radius 2 is 2.06 bits per heavy atom. The van der Waals surface area contributed by atoms with Crippen LogP contribution in [0.15, 0.2) is 24.3 Å². The Balaban J connectivity index is 2.50. The summed E-state index contributed by atoms with van der Waals surface area (Å²) in [5, 5.41) is 9.30. The maximum Gasteiger partial charge on any atom is 0.0621 e. The second kappa shape index (κ2) is 7.32. The van der Waals surface area contributed by atoms with Crippen LogP contribution in [0.3, 0.4) is 0 Å². The van der Waals surface area contributed by atoms with E-state index in [2.05, 4.69) is 31.0 Å². The van der Waals surface area contributed by atoms with Gasteiger partial charge in [-0.2, -0.15) is 5.26 Å². The van der Waals surface area contributed by atoms with Gasteiger partial charge in [0.25, 0.3) is 0 Å². The van der Waals surface area contributed by atoms with Crippen molar-refractivity contribution >= 4 is 11.6 Å². The minimum absolute atomic E-state index is 0.311. The van der Waals surface area contributed by atoms with Crippen molar-refractivity contribution in [3.05, 3.63) is 34.9 Å². The summed E-state index contributed by atoms with van der Waals surface area (Å²) < 4.78 is 0. The molecule has 0 heterocycles. The van der Waals surface area contributed by atoms with E-state index in [-0.39, 0.29) is 0 Å². The van der Waals surface area contributed by atoms with Gasteiger partial charge in [-0.05, 0) is 45.0 Å². The average molecular weight is 251 g/mol. The first kappa shape index (κ1) is 14.0. The monoisotopic (exact) mass is 250 g/mol. The molecule has 0 N–H and O–H groups in total. The van der Waals surface area contributed by atoms with Gasteiger partial charge in [-0.25, -0.2) is 0 Å². The average Bonchev–Trinajstić information content (AvgIpc) is 2.34. The lowest BCUT2D eigenvalue weighted by Crippen LogP contribution is -2.23. The molecule has 0 aliphatic carbocycles. The summed E-state index contributed by atoms with van der Waals surface area (Å²) >= 11 is 6.18. The van der Waals surface area contributed by atoms with E-state index < -0.39 is 0 Å². The molecule has 1 aromatic rings. The molecule has 3 heteroatoms. The van der Waals surface area contributed by atoms with Crippen LogP contribution >= 0.6 is 11.6 Å². The van der Waals surface area contributed by atoms with Gasteiger partial charge in [-0.3, -0.25) is 4.90 Å². The number of nitrogens with zero attached hydrogens (tertiary/aromatic N) is 2. The van der Waals surface area contributed by atoms with Gasteiger partial charge >= 0.3 is 0 Å². The predicted molar refractivity (Wildman–Crippen MR) is 72.0 cm³/mol. The van der Waals surface area contributed by atoms with Crippen LogP contribution in [0.2, 0.25) is 5.02 Å². The highest BCUT2D eigenvalue weighted by Gasteiger charge is 2.13. The molecule has 92 valence electrons. The third kappa shape index (κ3) is 4.38. The molecule has 1 aromatic carbocycles. The Morgan fingerprint density at radius 3 is 2.71 bits per heavy atom. The minimum Gasteiger partial charge on any atom is -0.300 e. The molecule has 17 heavy (non-hydrogen) atoms. The van der Waals surface area contributed by atoms with Crippen molar-refractivity contribution in [2.75, 3.05) is 13.6 Å². The number of rotatable bonds is 6. The molecular formula is C14H19ClN2. The van der Waals surface area contributed by atoms with Crippen LogP contribution < -0.4 is 0 Å². The van der Waals surface area contributed by atoms with E-state index in [1.165, 1.54) is 0 Å². The van der Waals surface area contributed by atoms with Gasteiger partial charge < -0.3 is 0 Å². The smallest absolute Gasteiger partial charge is 0.0621 e. The van der Waals surface area contributed by atoms with Gasteiger partial charge in [0.1, 0.15) is 0 Å². The van der Waals surface area contributed by atoms with Gasteiger partial charge in [-0.15, -0.1) is 0 Å². The molecule has 0 aliphatic rings. The van der Waals surface area contributed by atoms with E-state index in [0.717, 1.165) is 30.0 Å². The number of hydrogen-bond donors (Lipinski definition) is 0. The number of hydrogen-bond acceptors (Lipinski definition) is 2. The molecule has 1 atom stereocenters. The Bertz CT molecular complexity index is 384. The van der Waals surface area contributed by atoms with Crippen molar-refractivity contribution in [1.29, 1.82) is 5.26 Å². The lowest BCUT2D eigenvalue weighted by Gasteiger charge is -2.25. The van der Waals surface area contributed by atoms with Crippen LogP contribution in [0.5, 0.6) is 0 Å². The normalized spacial score (nSPS) is 12.4. The molecule has 0 spiro atoms. The number of benzene rings is 1. The highest BCUT2D eigenvalue weighted by Crippen LogP contribution is 2.26. The number of halogens is 1. The maximum atomic E-state index is 8.47. The van der Waals surface area contributed by atoms with Crippen LogP contribution in [0, 0.1) is 11.3 Å². The summed E-state index contributed by atoms with van der Waals surface area (Å²) in [4.78, 5) is 2.28. The zero-order valence-electron chi connectivity index (χ0n) is 10.5. The zero-order chi connectivity index (χ0) is 12.7. The van der Waals surface area contributed by atoms with Crippen molar-refractivity contribution < 1.29 is 0 Å². The molecule has 0 amide bonds. The molecule has 0 fully saturated rings. The fourth-order valence-electron chi connectivity index (χ4n) is 1.81. The molecule has 1 unspecified atom stereocenters. The van der Waals surface area contributed by atoms with Gasteiger partial charge in [0.05, 0.1) is 6.07 Å². The van der Waals surface area contributed by atoms with E-state index in [1.54, 1.807) is 0 Å². The van der Waals surface area contributed by atoms with Crippen molar-refractivity contribution in [3.63, 3.8) is 0 Å².